The number of carbonyl (C=O) groups is 2. The van der Waals surface area contributed by atoms with Crippen molar-refractivity contribution in [1.29, 1.82) is 0 Å². The summed E-state index contributed by atoms with van der Waals surface area (Å²) in [5.41, 5.74) is 1.99. The second kappa shape index (κ2) is 5.33. The van der Waals surface area contributed by atoms with Gasteiger partial charge in [-0.05, 0) is 60.8 Å². The van der Waals surface area contributed by atoms with E-state index in [1.54, 1.807) is 6.07 Å². The highest BCUT2D eigenvalue weighted by atomic mass is 16.5. The molecule has 0 aromatic heterocycles. The van der Waals surface area contributed by atoms with Crippen molar-refractivity contribution in [3.63, 3.8) is 0 Å². The molecule has 1 aromatic rings. The Morgan fingerprint density at radius 1 is 1.29 bits per heavy atom. The number of phenolic OH excluding ortho intramolecular Hbond substituents is 1. The summed E-state index contributed by atoms with van der Waals surface area (Å²) >= 11 is 0. The average Bonchev–Trinajstić information content (AvgIpc) is 2.81. The molecular weight excluding hydrogens is 304 g/mol. The first-order chi connectivity index (χ1) is 11.4. The van der Waals surface area contributed by atoms with Crippen molar-refractivity contribution in [3.05, 3.63) is 29.3 Å². The Balaban J connectivity index is 1.79. The predicted octanol–water partition coefficient (Wildman–Crippen LogP) is 3.36. The van der Waals surface area contributed by atoms with Gasteiger partial charge >= 0.3 is 5.97 Å². The Bertz CT molecular complexity index is 710. The molecule has 0 aliphatic heterocycles. The third-order valence-electron chi connectivity index (χ3n) is 6.69. The minimum atomic E-state index is -0.351. The van der Waals surface area contributed by atoms with Gasteiger partial charge in [-0.2, -0.15) is 0 Å². The molecule has 2 fully saturated rings. The van der Waals surface area contributed by atoms with E-state index in [1.807, 2.05) is 12.1 Å². The van der Waals surface area contributed by atoms with Gasteiger partial charge in [-0.25, -0.2) is 0 Å². The van der Waals surface area contributed by atoms with Crippen LogP contribution >= 0.6 is 0 Å². The van der Waals surface area contributed by atoms with Gasteiger partial charge in [0.2, 0.25) is 0 Å². The van der Waals surface area contributed by atoms with Crippen molar-refractivity contribution in [2.24, 2.45) is 17.3 Å². The van der Waals surface area contributed by atoms with Crippen molar-refractivity contribution >= 4 is 11.8 Å². The molecular formula is C20H24O4. The van der Waals surface area contributed by atoms with Crippen LogP contribution in [0.3, 0.4) is 0 Å². The second-order valence-electron chi connectivity index (χ2n) is 7.95. The number of ketones is 1. The second-order valence-corrected chi connectivity index (χ2v) is 7.95. The monoisotopic (exact) mass is 328 g/mol. The average molecular weight is 328 g/mol. The lowest BCUT2D eigenvalue weighted by Crippen LogP contribution is -2.50. The van der Waals surface area contributed by atoms with Crippen LogP contribution in [0, 0.1) is 17.3 Å². The molecule has 0 radical (unpaired) electrons. The molecule has 0 heterocycles. The molecule has 1 aromatic carbocycles. The highest BCUT2D eigenvalue weighted by molar-refractivity contribution is 5.87. The largest absolute Gasteiger partial charge is 0.508 e. The molecule has 2 saturated carbocycles. The zero-order valence-corrected chi connectivity index (χ0v) is 14.2. The number of aromatic hydroxyl groups is 1. The fourth-order valence-corrected chi connectivity index (χ4v) is 5.72. The van der Waals surface area contributed by atoms with Gasteiger partial charge < -0.3 is 9.84 Å². The summed E-state index contributed by atoms with van der Waals surface area (Å²) in [5, 5.41) is 9.79. The molecule has 128 valence electrons. The summed E-state index contributed by atoms with van der Waals surface area (Å²) in [6.45, 7) is 3.52. The number of hydrogen-bond acceptors (Lipinski definition) is 4. The zero-order chi connectivity index (χ0) is 17.1. The van der Waals surface area contributed by atoms with Crippen molar-refractivity contribution in [2.75, 3.05) is 0 Å². The number of esters is 1. The predicted molar refractivity (Wildman–Crippen MR) is 88.7 cm³/mol. The van der Waals surface area contributed by atoms with E-state index >= 15 is 0 Å². The van der Waals surface area contributed by atoms with Crippen LogP contribution in [0.2, 0.25) is 0 Å². The highest BCUT2D eigenvalue weighted by Crippen LogP contribution is 2.60. The number of Topliss-reactive ketones (excluding diaryl/α,β-unsaturated/α-hetero) is 1. The minimum absolute atomic E-state index is 0.141. The zero-order valence-electron chi connectivity index (χ0n) is 14.2. The smallest absolute Gasteiger partial charge is 0.302 e. The quantitative estimate of drug-likeness (QED) is 0.803. The molecule has 3 unspecified atom stereocenters. The fourth-order valence-electron chi connectivity index (χ4n) is 5.72. The molecule has 0 saturated heterocycles. The van der Waals surface area contributed by atoms with Crippen LogP contribution in [0.5, 0.6) is 5.75 Å². The molecule has 4 nitrogen and oxygen atoms in total. The van der Waals surface area contributed by atoms with Gasteiger partial charge in [0.05, 0.1) is 0 Å². The molecule has 4 heteroatoms. The molecule has 0 bridgehead atoms. The van der Waals surface area contributed by atoms with Gasteiger partial charge in [0, 0.05) is 24.7 Å². The molecule has 24 heavy (non-hydrogen) atoms. The Hall–Kier alpha value is -1.84. The fraction of sp³-hybridized carbons (Fsp3) is 0.600. The first-order valence-electron chi connectivity index (χ1n) is 8.92. The maximum atomic E-state index is 12.6. The van der Waals surface area contributed by atoms with E-state index in [0.717, 1.165) is 24.8 Å². The van der Waals surface area contributed by atoms with Gasteiger partial charge in [-0.1, -0.05) is 13.0 Å². The Morgan fingerprint density at radius 2 is 2.08 bits per heavy atom. The van der Waals surface area contributed by atoms with E-state index in [0.29, 0.717) is 30.5 Å². The first kappa shape index (κ1) is 15.7. The Kier molecular flexibility index (Phi) is 3.48. The topological polar surface area (TPSA) is 63.6 Å². The minimum Gasteiger partial charge on any atom is -0.508 e. The number of carbonyl (C=O) groups excluding carboxylic acids is 2. The van der Waals surface area contributed by atoms with Crippen LogP contribution in [0.15, 0.2) is 18.2 Å². The Morgan fingerprint density at radius 3 is 2.83 bits per heavy atom. The van der Waals surface area contributed by atoms with Crippen molar-refractivity contribution in [3.8, 4) is 5.75 Å². The van der Waals surface area contributed by atoms with Gasteiger partial charge in [-0.15, -0.1) is 0 Å². The van der Waals surface area contributed by atoms with Crippen LogP contribution in [-0.4, -0.2) is 23.0 Å². The number of aryl methyl sites for hydroxylation is 1. The molecule has 3 aliphatic rings. The van der Waals surface area contributed by atoms with Crippen LogP contribution in [-0.2, 0) is 20.7 Å². The van der Waals surface area contributed by atoms with Gasteiger partial charge in [0.25, 0.3) is 0 Å². The van der Waals surface area contributed by atoms with Crippen molar-refractivity contribution in [1.82, 2.24) is 0 Å². The number of benzene rings is 1. The highest BCUT2D eigenvalue weighted by Gasteiger charge is 2.58. The van der Waals surface area contributed by atoms with E-state index in [2.05, 4.69) is 6.92 Å². The van der Waals surface area contributed by atoms with Gasteiger partial charge in [-0.3, -0.25) is 9.59 Å². The van der Waals surface area contributed by atoms with Crippen LogP contribution in [0.25, 0.3) is 0 Å². The van der Waals surface area contributed by atoms with E-state index < -0.39 is 0 Å². The van der Waals surface area contributed by atoms with Crippen LogP contribution < -0.4 is 0 Å². The van der Waals surface area contributed by atoms with E-state index in [-0.39, 0.29) is 29.2 Å². The lowest BCUT2D eigenvalue weighted by molar-refractivity contribution is -0.158. The molecule has 0 amide bonds. The van der Waals surface area contributed by atoms with Crippen molar-refractivity contribution < 1.29 is 19.4 Å². The number of ether oxygens (including phenoxy) is 1. The summed E-state index contributed by atoms with van der Waals surface area (Å²) in [6, 6.07) is 5.54. The summed E-state index contributed by atoms with van der Waals surface area (Å²) in [4.78, 5) is 24.2. The molecule has 3 aliphatic carbocycles. The van der Waals surface area contributed by atoms with Crippen LogP contribution in [0.4, 0.5) is 0 Å². The summed E-state index contributed by atoms with van der Waals surface area (Å²) < 4.78 is 5.72. The summed E-state index contributed by atoms with van der Waals surface area (Å²) in [7, 11) is 0. The number of phenols is 1. The standard InChI is InChI=1S/C20H24O4/c1-11(21)24-17-10-20(2)16(7-8-18(20)23)15-5-3-12-9-13(22)4-6-14(12)19(15)17/h4,6,9,15-17,19,22H,3,5,7-8,10H2,1-2H3/t15?,16?,17-,19?,20+/m1/s1. The van der Waals surface area contributed by atoms with Crippen molar-refractivity contribution in [2.45, 2.75) is 58.0 Å². The maximum absolute atomic E-state index is 12.6. The first-order valence-corrected chi connectivity index (χ1v) is 8.92. The van der Waals surface area contributed by atoms with Crippen LogP contribution in [0.1, 0.15) is 56.6 Å². The summed E-state index contributed by atoms with van der Waals surface area (Å²) in [5.74, 6) is 1.23. The molecule has 0 spiro atoms. The van der Waals surface area contributed by atoms with E-state index in [1.165, 1.54) is 12.5 Å². The SMILES string of the molecule is CC(=O)O[C@@H]1C[C@]2(C)C(=O)CCC2C2CCc3cc(O)ccc3C21. The van der Waals surface area contributed by atoms with Gasteiger partial charge in [0.15, 0.2) is 0 Å². The summed E-state index contributed by atoms with van der Waals surface area (Å²) in [6.07, 6.45) is 3.89. The van der Waals surface area contributed by atoms with Gasteiger partial charge in [0.1, 0.15) is 17.6 Å². The maximum Gasteiger partial charge on any atom is 0.302 e. The third kappa shape index (κ3) is 2.19. The lowest BCUT2D eigenvalue weighted by Gasteiger charge is -2.51. The van der Waals surface area contributed by atoms with E-state index in [9.17, 15) is 14.7 Å². The number of hydrogen-bond donors (Lipinski definition) is 1. The normalized spacial score (nSPS) is 37.3. The van der Waals surface area contributed by atoms with E-state index in [4.69, 9.17) is 4.74 Å². The number of rotatable bonds is 1. The number of fused-ring (bicyclic) bond motifs is 5. The Labute approximate surface area is 142 Å². The molecule has 5 atom stereocenters. The molecule has 4 rings (SSSR count). The third-order valence-corrected chi connectivity index (χ3v) is 6.69. The molecule has 1 N–H and O–H groups in total. The lowest BCUT2D eigenvalue weighted by atomic mass is 9.54.